The molecule has 1 aliphatic heterocycles. The van der Waals surface area contributed by atoms with Crippen LogP contribution in [0.5, 0.6) is 5.75 Å². The predicted molar refractivity (Wildman–Crippen MR) is 84.9 cm³/mol. The molecule has 1 heterocycles. The molecule has 2 aromatic rings. The Labute approximate surface area is 132 Å². The fraction of sp³-hybridized carbons (Fsp3) is 0.294. The van der Waals surface area contributed by atoms with Crippen LogP contribution in [0.15, 0.2) is 46.9 Å². The lowest BCUT2D eigenvalue weighted by molar-refractivity contribution is 0.246. The van der Waals surface area contributed by atoms with E-state index in [-0.39, 0.29) is 17.9 Å². The second kappa shape index (κ2) is 6.16. The van der Waals surface area contributed by atoms with E-state index in [4.69, 9.17) is 4.74 Å². The molecule has 1 unspecified atom stereocenters. The summed E-state index contributed by atoms with van der Waals surface area (Å²) in [6.45, 7) is 2.81. The highest BCUT2D eigenvalue weighted by Gasteiger charge is 2.23. The Bertz CT molecular complexity index is 629. The van der Waals surface area contributed by atoms with Crippen molar-refractivity contribution in [3.8, 4) is 5.75 Å². The lowest BCUT2D eigenvalue weighted by Crippen LogP contribution is -2.29. The minimum absolute atomic E-state index is 0.153. The van der Waals surface area contributed by atoms with Crippen LogP contribution >= 0.6 is 15.9 Å². The number of nitrogens with one attached hydrogen (secondary N) is 1. The number of hydrogen-bond acceptors (Lipinski definition) is 2. The molecule has 4 heteroatoms. The monoisotopic (exact) mass is 349 g/mol. The Kier molecular flexibility index (Phi) is 4.27. The lowest BCUT2D eigenvalue weighted by Gasteiger charge is -2.29. The van der Waals surface area contributed by atoms with Crippen molar-refractivity contribution in [2.45, 2.75) is 25.4 Å². The van der Waals surface area contributed by atoms with Crippen molar-refractivity contribution in [3.63, 3.8) is 0 Å². The summed E-state index contributed by atoms with van der Waals surface area (Å²) >= 11 is 3.51. The molecule has 2 aromatic carbocycles. The van der Waals surface area contributed by atoms with Gasteiger partial charge in [0, 0.05) is 28.5 Å². The molecule has 0 aromatic heterocycles. The maximum atomic E-state index is 13.0. The lowest BCUT2D eigenvalue weighted by atomic mass is 9.98. The highest BCUT2D eigenvalue weighted by atomic mass is 79.9. The van der Waals surface area contributed by atoms with Gasteiger partial charge in [-0.05, 0) is 42.8 Å². The van der Waals surface area contributed by atoms with Crippen LogP contribution in [0.25, 0.3) is 0 Å². The normalized spacial score (nSPS) is 18.7. The van der Waals surface area contributed by atoms with Crippen molar-refractivity contribution in [2.75, 3.05) is 6.61 Å². The molecular weight excluding hydrogens is 333 g/mol. The zero-order valence-electron chi connectivity index (χ0n) is 11.8. The molecule has 2 nitrogen and oxygen atoms in total. The summed E-state index contributed by atoms with van der Waals surface area (Å²) in [6, 6.07) is 13.1. The summed E-state index contributed by atoms with van der Waals surface area (Å²) in [5.41, 5.74) is 2.25. The van der Waals surface area contributed by atoms with Crippen LogP contribution < -0.4 is 10.1 Å². The molecule has 0 saturated heterocycles. The predicted octanol–water partition coefficient (Wildman–Crippen LogP) is 4.76. The molecule has 0 saturated carbocycles. The fourth-order valence-electron chi connectivity index (χ4n) is 2.69. The molecule has 1 N–H and O–H groups in total. The van der Waals surface area contributed by atoms with Crippen molar-refractivity contribution in [2.24, 2.45) is 0 Å². The third-order valence-corrected chi connectivity index (χ3v) is 4.33. The van der Waals surface area contributed by atoms with Gasteiger partial charge in [-0.2, -0.15) is 0 Å². The van der Waals surface area contributed by atoms with Gasteiger partial charge in [-0.3, -0.25) is 0 Å². The van der Waals surface area contributed by atoms with Gasteiger partial charge in [-0.15, -0.1) is 0 Å². The highest BCUT2D eigenvalue weighted by molar-refractivity contribution is 9.10. The first kappa shape index (κ1) is 14.5. The average Bonchev–Trinajstić information content (AvgIpc) is 2.48. The Morgan fingerprint density at radius 3 is 2.76 bits per heavy atom. The first-order chi connectivity index (χ1) is 10.1. The number of hydrogen-bond donors (Lipinski definition) is 1. The second-order valence-electron chi connectivity index (χ2n) is 5.31. The van der Waals surface area contributed by atoms with Gasteiger partial charge in [0.05, 0.1) is 6.61 Å². The van der Waals surface area contributed by atoms with Crippen LogP contribution in [0.2, 0.25) is 0 Å². The number of benzene rings is 2. The summed E-state index contributed by atoms with van der Waals surface area (Å²) in [5.74, 6) is 0.736. The van der Waals surface area contributed by atoms with Gasteiger partial charge in [-0.25, -0.2) is 4.39 Å². The largest absolute Gasteiger partial charge is 0.493 e. The summed E-state index contributed by atoms with van der Waals surface area (Å²) in [5, 5.41) is 3.61. The van der Waals surface area contributed by atoms with Gasteiger partial charge in [0.15, 0.2) is 0 Å². The van der Waals surface area contributed by atoms with E-state index in [0.29, 0.717) is 6.61 Å². The zero-order chi connectivity index (χ0) is 14.8. The fourth-order valence-corrected chi connectivity index (χ4v) is 3.07. The number of ether oxygens (including phenoxy) is 1. The molecule has 110 valence electrons. The van der Waals surface area contributed by atoms with E-state index in [0.717, 1.165) is 22.2 Å². The van der Waals surface area contributed by atoms with Gasteiger partial charge in [0.25, 0.3) is 0 Å². The van der Waals surface area contributed by atoms with Crippen molar-refractivity contribution in [3.05, 3.63) is 63.9 Å². The molecule has 3 rings (SSSR count). The SMILES string of the molecule is C[C@H](NC1CCOc2ccc(Br)cc21)c1ccc(F)cc1. The highest BCUT2D eigenvalue weighted by Crippen LogP contribution is 2.35. The number of fused-ring (bicyclic) bond motifs is 1. The molecule has 0 amide bonds. The van der Waals surface area contributed by atoms with E-state index >= 15 is 0 Å². The van der Waals surface area contributed by atoms with Gasteiger partial charge >= 0.3 is 0 Å². The average molecular weight is 350 g/mol. The Balaban J connectivity index is 1.80. The zero-order valence-corrected chi connectivity index (χ0v) is 13.4. The third kappa shape index (κ3) is 3.27. The topological polar surface area (TPSA) is 21.3 Å². The van der Waals surface area contributed by atoms with E-state index in [2.05, 4.69) is 34.2 Å². The molecule has 2 atom stereocenters. The van der Waals surface area contributed by atoms with Crippen LogP contribution in [0.1, 0.15) is 36.6 Å². The van der Waals surface area contributed by atoms with Crippen LogP contribution in [0, 0.1) is 5.82 Å². The smallest absolute Gasteiger partial charge is 0.124 e. The van der Waals surface area contributed by atoms with E-state index in [1.54, 1.807) is 0 Å². The maximum absolute atomic E-state index is 13.0. The van der Waals surface area contributed by atoms with Crippen molar-refractivity contribution in [1.82, 2.24) is 5.32 Å². The van der Waals surface area contributed by atoms with Crippen LogP contribution in [-0.2, 0) is 0 Å². The van der Waals surface area contributed by atoms with Crippen molar-refractivity contribution < 1.29 is 9.13 Å². The molecule has 1 aliphatic rings. The first-order valence-corrected chi connectivity index (χ1v) is 7.86. The Hall–Kier alpha value is -1.39. The molecule has 0 radical (unpaired) electrons. The van der Waals surface area contributed by atoms with Gasteiger partial charge in [0.1, 0.15) is 11.6 Å². The standard InChI is InChI=1S/C17H17BrFNO/c1-11(12-2-5-14(19)6-3-12)20-16-8-9-21-17-7-4-13(18)10-15(16)17/h2-7,10-11,16,20H,8-9H2,1H3/t11-,16?/m0/s1. The summed E-state index contributed by atoms with van der Waals surface area (Å²) < 4.78 is 19.8. The molecule has 0 bridgehead atoms. The van der Waals surface area contributed by atoms with Crippen LogP contribution in [0.4, 0.5) is 4.39 Å². The number of halogens is 2. The maximum Gasteiger partial charge on any atom is 0.124 e. The van der Waals surface area contributed by atoms with Crippen LogP contribution in [0.3, 0.4) is 0 Å². The van der Waals surface area contributed by atoms with Gasteiger partial charge < -0.3 is 10.1 Å². The molecule has 0 spiro atoms. The van der Waals surface area contributed by atoms with Gasteiger partial charge in [0.2, 0.25) is 0 Å². The summed E-state index contributed by atoms with van der Waals surface area (Å²) in [4.78, 5) is 0. The summed E-state index contributed by atoms with van der Waals surface area (Å²) in [6.07, 6.45) is 0.926. The number of rotatable bonds is 3. The minimum Gasteiger partial charge on any atom is -0.493 e. The van der Waals surface area contributed by atoms with Crippen molar-refractivity contribution >= 4 is 15.9 Å². The van der Waals surface area contributed by atoms with E-state index in [9.17, 15) is 4.39 Å². The molecule has 21 heavy (non-hydrogen) atoms. The van der Waals surface area contributed by atoms with Crippen molar-refractivity contribution in [1.29, 1.82) is 0 Å². The molecular formula is C17H17BrFNO. The quantitative estimate of drug-likeness (QED) is 0.862. The third-order valence-electron chi connectivity index (χ3n) is 3.83. The Morgan fingerprint density at radius 2 is 2.00 bits per heavy atom. The Morgan fingerprint density at radius 1 is 1.24 bits per heavy atom. The first-order valence-electron chi connectivity index (χ1n) is 7.07. The van der Waals surface area contributed by atoms with Crippen LogP contribution in [-0.4, -0.2) is 6.61 Å². The van der Waals surface area contributed by atoms with E-state index in [1.807, 2.05) is 24.3 Å². The second-order valence-corrected chi connectivity index (χ2v) is 6.23. The van der Waals surface area contributed by atoms with E-state index in [1.165, 1.54) is 17.7 Å². The van der Waals surface area contributed by atoms with E-state index < -0.39 is 0 Å². The molecule has 0 fully saturated rings. The summed E-state index contributed by atoms with van der Waals surface area (Å²) in [7, 11) is 0. The van der Waals surface area contributed by atoms with Gasteiger partial charge in [-0.1, -0.05) is 28.1 Å². The minimum atomic E-state index is -0.203. The molecule has 0 aliphatic carbocycles.